The lowest BCUT2D eigenvalue weighted by Crippen LogP contribution is -2.10. The first kappa shape index (κ1) is 6.86. The molecule has 0 N–H and O–H groups in total. The fourth-order valence-electron chi connectivity index (χ4n) is 0.507. The Morgan fingerprint density at radius 1 is 1.70 bits per heavy atom. The van der Waals surface area contributed by atoms with Gasteiger partial charge in [0.2, 0.25) is 0 Å². The molecule has 1 heterocycles. The lowest BCUT2D eigenvalue weighted by atomic mass is 10.6. The van der Waals surface area contributed by atoms with E-state index in [0.717, 1.165) is 12.6 Å². The molecule has 1 aliphatic heterocycles. The Labute approximate surface area is 59.6 Å². The van der Waals surface area contributed by atoms with Crippen molar-refractivity contribution in [3.8, 4) is 0 Å². The standard InChI is InChI=1S/C7H9NO2/c1-2-7(9)10-6-5-8-3-4-8/h2-4H,1,5-6H2. The normalized spacial score (nSPS) is 13.0. The summed E-state index contributed by atoms with van der Waals surface area (Å²) < 4.78 is 4.70. The summed E-state index contributed by atoms with van der Waals surface area (Å²) in [5.74, 6) is -0.359. The Kier molecular flexibility index (Phi) is 2.10. The van der Waals surface area contributed by atoms with Crippen molar-refractivity contribution in [1.82, 2.24) is 4.90 Å². The van der Waals surface area contributed by atoms with Crippen LogP contribution in [0.25, 0.3) is 0 Å². The van der Waals surface area contributed by atoms with E-state index in [1.807, 2.05) is 17.3 Å². The van der Waals surface area contributed by atoms with Gasteiger partial charge in [0.25, 0.3) is 0 Å². The summed E-state index contributed by atoms with van der Waals surface area (Å²) in [6.45, 7) is 4.45. The molecule has 0 saturated carbocycles. The maximum atomic E-state index is 10.4. The molecule has 0 aromatic heterocycles. The summed E-state index contributed by atoms with van der Waals surface area (Å²) in [6, 6.07) is 0. The zero-order valence-electron chi connectivity index (χ0n) is 5.62. The van der Waals surface area contributed by atoms with E-state index in [1.54, 1.807) is 0 Å². The fourth-order valence-corrected chi connectivity index (χ4v) is 0.507. The molecule has 54 valence electrons. The average molecular weight is 139 g/mol. The van der Waals surface area contributed by atoms with Crippen molar-refractivity contribution in [2.75, 3.05) is 13.2 Å². The molecule has 0 radical (unpaired) electrons. The van der Waals surface area contributed by atoms with Crippen molar-refractivity contribution >= 4 is 5.97 Å². The van der Waals surface area contributed by atoms with Gasteiger partial charge in [-0.15, -0.1) is 0 Å². The molecule has 0 aliphatic carbocycles. The molecule has 10 heavy (non-hydrogen) atoms. The minimum absolute atomic E-state index is 0.359. The number of rotatable bonds is 4. The van der Waals surface area contributed by atoms with Crippen LogP contribution in [0.1, 0.15) is 0 Å². The molecule has 0 amide bonds. The monoisotopic (exact) mass is 139 g/mol. The quantitative estimate of drug-likeness (QED) is 0.419. The first-order chi connectivity index (χ1) is 4.83. The van der Waals surface area contributed by atoms with Gasteiger partial charge in [0.15, 0.2) is 0 Å². The Hall–Kier alpha value is -1.25. The SMILES string of the molecule is C=CC(=O)OCCN1C=C1. The van der Waals surface area contributed by atoms with Crippen molar-refractivity contribution in [3.63, 3.8) is 0 Å². The number of hydrogen-bond donors (Lipinski definition) is 0. The van der Waals surface area contributed by atoms with Gasteiger partial charge in [-0.3, -0.25) is 0 Å². The second-order valence-corrected chi connectivity index (χ2v) is 1.91. The first-order valence-electron chi connectivity index (χ1n) is 3.06. The van der Waals surface area contributed by atoms with Crippen LogP contribution in [0, 0.1) is 0 Å². The smallest absolute Gasteiger partial charge is 0.330 e. The van der Waals surface area contributed by atoms with E-state index in [0.29, 0.717) is 6.61 Å². The van der Waals surface area contributed by atoms with Crippen molar-refractivity contribution in [2.45, 2.75) is 0 Å². The number of nitrogens with zero attached hydrogens (tertiary/aromatic N) is 1. The van der Waals surface area contributed by atoms with E-state index in [4.69, 9.17) is 4.74 Å². The highest BCUT2D eigenvalue weighted by Gasteiger charge is 2.04. The predicted octanol–water partition coefficient (Wildman–Crippen LogP) is 0.502. The molecule has 3 heteroatoms. The van der Waals surface area contributed by atoms with Gasteiger partial charge in [-0.2, -0.15) is 0 Å². The molecule has 3 nitrogen and oxygen atoms in total. The van der Waals surface area contributed by atoms with Crippen molar-refractivity contribution in [2.24, 2.45) is 0 Å². The van der Waals surface area contributed by atoms with Gasteiger partial charge >= 0.3 is 5.97 Å². The van der Waals surface area contributed by atoms with Crippen LogP contribution in [0.3, 0.4) is 0 Å². The van der Waals surface area contributed by atoms with Gasteiger partial charge in [-0.05, 0) is 0 Å². The van der Waals surface area contributed by atoms with Gasteiger partial charge < -0.3 is 9.64 Å². The van der Waals surface area contributed by atoms with Crippen molar-refractivity contribution in [3.05, 3.63) is 25.1 Å². The predicted molar refractivity (Wildman–Crippen MR) is 37.0 cm³/mol. The Morgan fingerprint density at radius 3 is 2.90 bits per heavy atom. The molecule has 1 aliphatic rings. The van der Waals surface area contributed by atoms with Crippen LogP contribution in [-0.4, -0.2) is 24.0 Å². The molecule has 0 saturated heterocycles. The van der Waals surface area contributed by atoms with E-state index in [1.165, 1.54) is 0 Å². The number of hydrogen-bond acceptors (Lipinski definition) is 3. The fraction of sp³-hybridized carbons (Fsp3) is 0.286. The van der Waals surface area contributed by atoms with Crippen molar-refractivity contribution in [1.29, 1.82) is 0 Å². The summed E-state index contributed by atoms with van der Waals surface area (Å²) >= 11 is 0. The van der Waals surface area contributed by atoms with Gasteiger partial charge in [0.1, 0.15) is 6.61 Å². The lowest BCUT2D eigenvalue weighted by molar-refractivity contribution is -0.137. The summed E-state index contributed by atoms with van der Waals surface area (Å²) in [5.41, 5.74) is 0. The van der Waals surface area contributed by atoms with Crippen LogP contribution in [0.5, 0.6) is 0 Å². The second-order valence-electron chi connectivity index (χ2n) is 1.91. The molecule has 0 bridgehead atoms. The van der Waals surface area contributed by atoms with Crippen LogP contribution in [0.4, 0.5) is 0 Å². The highest BCUT2D eigenvalue weighted by Crippen LogP contribution is 2.03. The first-order valence-corrected chi connectivity index (χ1v) is 3.06. The maximum Gasteiger partial charge on any atom is 0.330 e. The molecule has 1 rings (SSSR count). The molecule has 0 fully saturated rings. The molecule has 0 aromatic rings. The average Bonchev–Trinajstić information content (AvgIpc) is 2.71. The zero-order valence-corrected chi connectivity index (χ0v) is 5.62. The van der Waals surface area contributed by atoms with Crippen molar-refractivity contribution < 1.29 is 9.53 Å². The number of esters is 1. The van der Waals surface area contributed by atoms with Gasteiger partial charge in [-0.1, -0.05) is 6.58 Å². The molecular formula is C7H9NO2. The van der Waals surface area contributed by atoms with Gasteiger partial charge in [0.05, 0.1) is 6.54 Å². The molecular weight excluding hydrogens is 130 g/mol. The summed E-state index contributed by atoms with van der Waals surface area (Å²) in [6.07, 6.45) is 5.00. The second kappa shape index (κ2) is 3.06. The van der Waals surface area contributed by atoms with E-state index in [2.05, 4.69) is 6.58 Å². The number of carbonyl (C=O) groups is 1. The van der Waals surface area contributed by atoms with E-state index in [9.17, 15) is 4.79 Å². The third-order valence-corrected chi connectivity index (χ3v) is 1.12. The van der Waals surface area contributed by atoms with Gasteiger partial charge in [0, 0.05) is 18.5 Å². The Bertz CT molecular complexity index is 168. The van der Waals surface area contributed by atoms with Crippen LogP contribution in [-0.2, 0) is 9.53 Å². The van der Waals surface area contributed by atoms with Crippen LogP contribution in [0.2, 0.25) is 0 Å². The topological polar surface area (TPSA) is 29.3 Å². The third kappa shape index (κ3) is 2.35. The number of ether oxygens (including phenoxy) is 1. The Balaban J connectivity index is 1.93. The maximum absolute atomic E-state index is 10.4. The lowest BCUT2D eigenvalue weighted by Gasteiger charge is -2.01. The van der Waals surface area contributed by atoms with Gasteiger partial charge in [-0.25, -0.2) is 4.79 Å². The van der Waals surface area contributed by atoms with Crippen LogP contribution >= 0.6 is 0 Å². The van der Waals surface area contributed by atoms with E-state index < -0.39 is 0 Å². The molecule has 0 atom stereocenters. The summed E-state index contributed by atoms with van der Waals surface area (Å²) in [4.78, 5) is 12.4. The highest BCUT2D eigenvalue weighted by molar-refractivity contribution is 5.81. The molecule has 0 unspecified atom stereocenters. The Morgan fingerprint density at radius 2 is 2.40 bits per heavy atom. The largest absolute Gasteiger partial charge is 0.461 e. The van der Waals surface area contributed by atoms with Crippen LogP contribution < -0.4 is 0 Å². The minimum atomic E-state index is -0.359. The highest BCUT2D eigenvalue weighted by atomic mass is 16.5. The third-order valence-electron chi connectivity index (χ3n) is 1.12. The zero-order chi connectivity index (χ0) is 7.40. The van der Waals surface area contributed by atoms with E-state index >= 15 is 0 Å². The van der Waals surface area contributed by atoms with E-state index in [-0.39, 0.29) is 5.97 Å². The molecule has 0 aromatic carbocycles. The number of carbonyl (C=O) groups excluding carboxylic acids is 1. The minimum Gasteiger partial charge on any atom is -0.461 e. The van der Waals surface area contributed by atoms with Crippen LogP contribution in [0.15, 0.2) is 25.1 Å². The molecule has 0 spiro atoms. The summed E-state index contributed by atoms with van der Waals surface area (Å²) in [5, 5.41) is 0. The summed E-state index contributed by atoms with van der Waals surface area (Å²) in [7, 11) is 0.